The third kappa shape index (κ3) is 3.59. The van der Waals surface area contributed by atoms with Crippen molar-refractivity contribution in [1.29, 1.82) is 0 Å². The van der Waals surface area contributed by atoms with Crippen molar-refractivity contribution in [3.8, 4) is 11.1 Å². The molecular formula is C21H20NO2S-. The summed E-state index contributed by atoms with van der Waals surface area (Å²) in [5, 5.41) is 0. The van der Waals surface area contributed by atoms with Gasteiger partial charge in [-0.25, -0.2) is 8.42 Å². The van der Waals surface area contributed by atoms with Crippen molar-refractivity contribution >= 4 is 15.7 Å². The van der Waals surface area contributed by atoms with Crippen molar-refractivity contribution in [3.05, 3.63) is 88.1 Å². The molecule has 0 aliphatic rings. The maximum atomic E-state index is 13.0. The van der Waals surface area contributed by atoms with E-state index in [2.05, 4.69) is 4.72 Å². The van der Waals surface area contributed by atoms with E-state index in [4.69, 9.17) is 0 Å². The van der Waals surface area contributed by atoms with Gasteiger partial charge in [0.1, 0.15) is 10.0 Å². The highest BCUT2D eigenvalue weighted by Gasteiger charge is 2.13. The van der Waals surface area contributed by atoms with Crippen LogP contribution in [0.3, 0.4) is 0 Å². The van der Waals surface area contributed by atoms with E-state index in [9.17, 15) is 8.42 Å². The Bertz CT molecular complexity index is 986. The molecule has 0 aromatic heterocycles. The molecule has 0 aliphatic carbocycles. The SMILES string of the molecule is Cc1cc(C)c(S(=O)(=O)[N-]c2ccccc2-c2ccccc2)c(C)c1. The summed E-state index contributed by atoms with van der Waals surface area (Å²) in [5.41, 5.74) is 4.67. The van der Waals surface area contributed by atoms with Crippen molar-refractivity contribution in [2.24, 2.45) is 0 Å². The van der Waals surface area contributed by atoms with Crippen LogP contribution in [-0.4, -0.2) is 8.42 Å². The fourth-order valence-electron chi connectivity index (χ4n) is 3.16. The van der Waals surface area contributed by atoms with E-state index in [1.807, 2.05) is 75.4 Å². The molecule has 0 amide bonds. The van der Waals surface area contributed by atoms with Crippen LogP contribution in [0.5, 0.6) is 0 Å². The van der Waals surface area contributed by atoms with Gasteiger partial charge < -0.3 is 4.72 Å². The van der Waals surface area contributed by atoms with E-state index in [1.165, 1.54) is 0 Å². The molecule has 0 bridgehead atoms. The summed E-state index contributed by atoms with van der Waals surface area (Å²) < 4.78 is 30.1. The smallest absolute Gasteiger partial charge is 0.123 e. The molecule has 25 heavy (non-hydrogen) atoms. The predicted octanol–water partition coefficient (Wildman–Crippen LogP) is 5.67. The van der Waals surface area contributed by atoms with Crippen LogP contribution >= 0.6 is 0 Å². The first kappa shape index (κ1) is 17.2. The lowest BCUT2D eigenvalue weighted by atomic mass is 10.0. The Morgan fingerprint density at radius 2 is 1.32 bits per heavy atom. The number of hydrogen-bond donors (Lipinski definition) is 0. The van der Waals surface area contributed by atoms with Gasteiger partial charge in [-0.1, -0.05) is 72.3 Å². The van der Waals surface area contributed by atoms with E-state index in [0.717, 1.165) is 27.8 Å². The molecule has 0 fully saturated rings. The molecule has 3 aromatic rings. The molecular weight excluding hydrogens is 330 g/mol. The van der Waals surface area contributed by atoms with Crippen LogP contribution in [0.4, 0.5) is 5.69 Å². The molecule has 3 aromatic carbocycles. The summed E-state index contributed by atoms with van der Waals surface area (Å²) in [4.78, 5) is 0.293. The predicted molar refractivity (Wildman–Crippen MR) is 103 cm³/mol. The molecule has 0 aliphatic heterocycles. The quantitative estimate of drug-likeness (QED) is 0.608. The summed E-state index contributed by atoms with van der Waals surface area (Å²) >= 11 is 0. The summed E-state index contributed by atoms with van der Waals surface area (Å²) in [5.74, 6) is 0. The van der Waals surface area contributed by atoms with E-state index >= 15 is 0 Å². The minimum atomic E-state index is -3.80. The van der Waals surface area contributed by atoms with Gasteiger partial charge in [0.25, 0.3) is 0 Å². The highest BCUT2D eigenvalue weighted by molar-refractivity contribution is 7.94. The molecule has 0 unspecified atom stereocenters. The molecule has 3 rings (SSSR count). The second-order valence-electron chi connectivity index (χ2n) is 6.18. The Hall–Kier alpha value is -2.59. The van der Waals surface area contributed by atoms with E-state index < -0.39 is 10.0 Å². The van der Waals surface area contributed by atoms with Gasteiger partial charge in [-0.2, -0.15) is 0 Å². The summed E-state index contributed by atoms with van der Waals surface area (Å²) in [6, 6.07) is 20.7. The fraction of sp³-hybridized carbons (Fsp3) is 0.143. The Morgan fingerprint density at radius 3 is 1.96 bits per heavy atom. The molecule has 0 atom stereocenters. The van der Waals surface area contributed by atoms with Gasteiger partial charge in [0.15, 0.2) is 0 Å². The lowest BCUT2D eigenvalue weighted by Gasteiger charge is -2.27. The molecule has 3 nitrogen and oxygen atoms in total. The average molecular weight is 350 g/mol. The molecule has 0 saturated carbocycles. The van der Waals surface area contributed by atoms with E-state index in [0.29, 0.717) is 10.6 Å². The van der Waals surface area contributed by atoms with E-state index in [1.54, 1.807) is 12.1 Å². The fourth-order valence-corrected chi connectivity index (χ4v) is 4.60. The summed E-state index contributed by atoms with van der Waals surface area (Å²) in [6.07, 6.45) is 0. The number of benzene rings is 3. The number of rotatable bonds is 4. The number of sulfonamides is 1. The molecule has 0 spiro atoms. The molecule has 0 heterocycles. The second kappa shape index (κ2) is 6.73. The lowest BCUT2D eigenvalue weighted by Crippen LogP contribution is -2.04. The Morgan fingerprint density at radius 1 is 0.760 bits per heavy atom. The standard InChI is InChI=1S/C21H20NO2S/c1-15-13-16(2)21(17(3)14-15)25(23,24)22-20-12-8-7-11-19(20)18-9-5-4-6-10-18/h4-14H,1-3H3/q-1. The van der Waals surface area contributed by atoms with E-state index in [-0.39, 0.29) is 0 Å². The van der Waals surface area contributed by atoms with Crippen LogP contribution in [0, 0.1) is 20.8 Å². The monoisotopic (exact) mass is 350 g/mol. The topological polar surface area (TPSA) is 48.2 Å². The van der Waals surface area contributed by atoms with Crippen LogP contribution < -0.4 is 0 Å². The first-order valence-electron chi connectivity index (χ1n) is 8.09. The Labute approximate surface area is 149 Å². The maximum Gasteiger partial charge on any atom is 0.123 e. The van der Waals surface area contributed by atoms with Crippen LogP contribution in [0.1, 0.15) is 16.7 Å². The van der Waals surface area contributed by atoms with Crippen LogP contribution in [0.2, 0.25) is 0 Å². The summed E-state index contributed by atoms with van der Waals surface area (Å²) in [6.45, 7) is 5.58. The molecule has 4 heteroatoms. The summed E-state index contributed by atoms with van der Waals surface area (Å²) in [7, 11) is -3.80. The third-order valence-corrected chi connectivity index (χ3v) is 5.67. The van der Waals surface area contributed by atoms with Crippen molar-refractivity contribution in [1.82, 2.24) is 0 Å². The third-order valence-electron chi connectivity index (χ3n) is 4.07. The van der Waals surface area contributed by atoms with Gasteiger partial charge in [-0.05, 0) is 43.0 Å². The molecule has 0 N–H and O–H groups in total. The number of hydrogen-bond acceptors (Lipinski definition) is 2. The van der Waals surface area contributed by atoms with Gasteiger partial charge in [0.05, 0.1) is 4.90 Å². The zero-order chi connectivity index (χ0) is 18.0. The minimum absolute atomic E-state index is 0.293. The van der Waals surface area contributed by atoms with Gasteiger partial charge >= 0.3 is 0 Å². The zero-order valence-corrected chi connectivity index (χ0v) is 15.3. The van der Waals surface area contributed by atoms with Gasteiger partial charge in [0, 0.05) is 0 Å². The zero-order valence-electron chi connectivity index (χ0n) is 14.5. The van der Waals surface area contributed by atoms with Crippen molar-refractivity contribution in [3.63, 3.8) is 0 Å². The number of aryl methyl sites for hydroxylation is 3. The van der Waals surface area contributed by atoms with Crippen molar-refractivity contribution in [2.45, 2.75) is 25.7 Å². The average Bonchev–Trinajstić information content (AvgIpc) is 2.54. The molecule has 0 saturated heterocycles. The first-order chi connectivity index (χ1) is 11.9. The normalized spacial score (nSPS) is 11.3. The second-order valence-corrected chi connectivity index (χ2v) is 7.72. The Balaban J connectivity index is 2.07. The van der Waals surface area contributed by atoms with Crippen molar-refractivity contribution in [2.75, 3.05) is 0 Å². The molecule has 0 radical (unpaired) electrons. The molecule has 128 valence electrons. The van der Waals surface area contributed by atoms with Crippen LogP contribution in [-0.2, 0) is 10.0 Å². The minimum Gasteiger partial charge on any atom is -0.572 e. The number of nitrogens with zero attached hydrogens (tertiary/aromatic N) is 1. The van der Waals surface area contributed by atoms with Gasteiger partial charge in [-0.3, -0.25) is 0 Å². The maximum absolute atomic E-state index is 13.0. The van der Waals surface area contributed by atoms with Crippen molar-refractivity contribution < 1.29 is 8.42 Å². The van der Waals surface area contributed by atoms with Gasteiger partial charge in [0.2, 0.25) is 0 Å². The van der Waals surface area contributed by atoms with Gasteiger partial charge in [-0.15, -0.1) is 5.69 Å². The Kier molecular flexibility index (Phi) is 4.64. The highest BCUT2D eigenvalue weighted by atomic mass is 32.2. The first-order valence-corrected chi connectivity index (χ1v) is 9.53. The highest BCUT2D eigenvalue weighted by Crippen LogP contribution is 2.38. The largest absolute Gasteiger partial charge is 0.572 e. The van der Waals surface area contributed by atoms with Crippen LogP contribution in [0.15, 0.2) is 71.6 Å². The lowest BCUT2D eigenvalue weighted by molar-refractivity contribution is 0.602. The van der Waals surface area contributed by atoms with Crippen LogP contribution in [0.25, 0.3) is 15.8 Å².